The Morgan fingerprint density at radius 2 is 1.95 bits per heavy atom. The maximum atomic E-state index is 11.3. The molecule has 0 atom stereocenters. The van der Waals surface area contributed by atoms with E-state index in [0.717, 1.165) is 17.3 Å². The molecule has 0 unspecified atom stereocenters. The molecule has 3 N–H and O–H groups in total. The van der Waals surface area contributed by atoms with Crippen LogP contribution in [0.25, 0.3) is 0 Å². The summed E-state index contributed by atoms with van der Waals surface area (Å²) in [6.07, 6.45) is 1.31. The number of primary amides is 1. The number of halogens is 1. The fourth-order valence-corrected chi connectivity index (χ4v) is 1.60. The number of alkyl halides is 1. The highest BCUT2D eigenvalue weighted by Gasteiger charge is 1.98. The number of nitrogens with two attached hydrogens (primary N) is 1. The van der Waals surface area contributed by atoms with E-state index in [1.54, 1.807) is 24.3 Å². The lowest BCUT2D eigenvalue weighted by Gasteiger charge is -1.98. The number of carbonyl (C=O) groups is 2. The quantitative estimate of drug-likeness (QED) is 0.635. The Morgan fingerprint density at radius 3 is 2.53 bits per heavy atom. The van der Waals surface area contributed by atoms with E-state index in [1.807, 2.05) is 0 Å². The smallest absolute Gasteiger partial charge is 0.248 e. The lowest BCUT2D eigenvalue weighted by Crippen LogP contribution is -2.23. The van der Waals surface area contributed by atoms with Gasteiger partial charge in [0.25, 0.3) is 0 Å². The normalized spacial score (nSPS) is 9.32. The summed E-state index contributed by atoms with van der Waals surface area (Å²) in [4.78, 5) is 22.2. The first-order valence-corrected chi connectivity index (χ1v) is 6.97. The van der Waals surface area contributed by atoms with Crippen molar-refractivity contribution in [3.05, 3.63) is 35.4 Å². The number of hydrogen-bond acceptors (Lipinski definition) is 2. The minimum Gasteiger partial charge on any atom is -0.366 e. The molecule has 0 aliphatic carbocycles. The molecule has 0 saturated heterocycles. The fraction of sp³-hybridized carbons (Fsp3) is 0.286. The first-order chi connectivity index (χ1) is 9.13. The van der Waals surface area contributed by atoms with Gasteiger partial charge in [-0.2, -0.15) is 0 Å². The summed E-state index contributed by atoms with van der Waals surface area (Å²) in [6.45, 7) is 0.318. The van der Waals surface area contributed by atoms with Crippen LogP contribution in [0.5, 0.6) is 0 Å². The highest BCUT2D eigenvalue weighted by atomic mass is 79.9. The minimum atomic E-state index is -0.460. The summed E-state index contributed by atoms with van der Waals surface area (Å²) in [5, 5.41) is 3.53. The average Bonchev–Trinajstić information content (AvgIpc) is 2.41. The van der Waals surface area contributed by atoms with Crippen molar-refractivity contribution in [1.29, 1.82) is 0 Å². The van der Waals surface area contributed by atoms with Crippen molar-refractivity contribution in [2.24, 2.45) is 5.73 Å². The molecule has 0 saturated carbocycles. The van der Waals surface area contributed by atoms with Gasteiger partial charge in [-0.1, -0.05) is 27.8 Å². The zero-order valence-electron chi connectivity index (χ0n) is 10.4. The summed E-state index contributed by atoms with van der Waals surface area (Å²) in [5.41, 5.74) is 6.36. The van der Waals surface area contributed by atoms with Crippen LogP contribution in [-0.4, -0.2) is 23.7 Å². The molecule has 0 aliphatic rings. The second kappa shape index (κ2) is 8.33. The molecule has 0 aromatic heterocycles. The van der Waals surface area contributed by atoms with Crippen LogP contribution in [0, 0.1) is 11.8 Å². The summed E-state index contributed by atoms with van der Waals surface area (Å²) in [7, 11) is 0. The van der Waals surface area contributed by atoms with Gasteiger partial charge in [-0.05, 0) is 30.7 Å². The average molecular weight is 323 g/mol. The van der Waals surface area contributed by atoms with Crippen LogP contribution in [0.1, 0.15) is 28.8 Å². The molecule has 0 fully saturated rings. The van der Waals surface area contributed by atoms with E-state index in [9.17, 15) is 9.59 Å². The van der Waals surface area contributed by atoms with Gasteiger partial charge in [0.05, 0.1) is 6.54 Å². The molecule has 0 heterocycles. The van der Waals surface area contributed by atoms with Crippen molar-refractivity contribution in [2.45, 2.75) is 12.8 Å². The lowest BCUT2D eigenvalue weighted by molar-refractivity contribution is -0.120. The summed E-state index contributed by atoms with van der Waals surface area (Å²) >= 11 is 3.27. The van der Waals surface area contributed by atoms with E-state index in [4.69, 9.17) is 5.73 Å². The van der Waals surface area contributed by atoms with E-state index in [1.165, 1.54) is 0 Å². The monoisotopic (exact) mass is 322 g/mol. The van der Waals surface area contributed by atoms with Crippen LogP contribution in [-0.2, 0) is 4.79 Å². The number of amides is 2. The van der Waals surface area contributed by atoms with Crippen molar-refractivity contribution in [3.63, 3.8) is 0 Å². The number of benzene rings is 1. The highest BCUT2D eigenvalue weighted by Crippen LogP contribution is 2.01. The Kier molecular flexibility index (Phi) is 6.69. The first-order valence-electron chi connectivity index (χ1n) is 5.85. The Hall–Kier alpha value is -1.80. The maximum Gasteiger partial charge on any atom is 0.248 e. The molecule has 1 aromatic rings. The molecular weight excluding hydrogens is 308 g/mol. The van der Waals surface area contributed by atoms with Crippen molar-refractivity contribution < 1.29 is 9.59 Å². The standard InChI is InChI=1S/C14H15BrN2O2/c15-9-1-4-13(18)17-10-2-3-11-5-7-12(8-6-11)14(16)19/h5-8H,1,4,9-10H2,(H2,16,19)(H,17,18). The SMILES string of the molecule is NC(=O)c1ccc(C#CCNC(=O)CCCBr)cc1. The van der Waals surface area contributed by atoms with E-state index in [-0.39, 0.29) is 5.91 Å². The molecule has 0 aliphatic heterocycles. The topological polar surface area (TPSA) is 72.2 Å². The van der Waals surface area contributed by atoms with Gasteiger partial charge in [0.2, 0.25) is 11.8 Å². The van der Waals surface area contributed by atoms with Crippen LogP contribution in [0.3, 0.4) is 0 Å². The van der Waals surface area contributed by atoms with Crippen molar-refractivity contribution in [2.75, 3.05) is 11.9 Å². The van der Waals surface area contributed by atoms with Gasteiger partial charge < -0.3 is 11.1 Å². The van der Waals surface area contributed by atoms with E-state index < -0.39 is 5.91 Å². The lowest BCUT2D eigenvalue weighted by atomic mass is 10.1. The number of nitrogens with one attached hydrogen (secondary N) is 1. The summed E-state index contributed by atoms with van der Waals surface area (Å²) in [5.74, 6) is 5.28. The van der Waals surface area contributed by atoms with Crippen LogP contribution in [0.4, 0.5) is 0 Å². The molecule has 1 rings (SSSR count). The van der Waals surface area contributed by atoms with E-state index >= 15 is 0 Å². The Morgan fingerprint density at radius 1 is 1.26 bits per heavy atom. The Bertz CT molecular complexity index is 500. The van der Waals surface area contributed by atoms with Crippen LogP contribution >= 0.6 is 15.9 Å². The van der Waals surface area contributed by atoms with Gasteiger partial charge >= 0.3 is 0 Å². The van der Waals surface area contributed by atoms with E-state index in [0.29, 0.717) is 18.5 Å². The minimum absolute atomic E-state index is 0.00201. The van der Waals surface area contributed by atoms with Crippen molar-refractivity contribution >= 4 is 27.7 Å². The fourth-order valence-electron chi connectivity index (χ4n) is 1.32. The van der Waals surface area contributed by atoms with E-state index in [2.05, 4.69) is 33.1 Å². The van der Waals surface area contributed by atoms with Gasteiger partial charge in [-0.15, -0.1) is 0 Å². The molecule has 5 heteroatoms. The van der Waals surface area contributed by atoms with Gasteiger partial charge in [-0.3, -0.25) is 9.59 Å². The third kappa shape index (κ3) is 6.07. The zero-order valence-corrected chi connectivity index (χ0v) is 12.0. The zero-order chi connectivity index (χ0) is 14.1. The molecule has 1 aromatic carbocycles. The summed E-state index contributed by atoms with van der Waals surface area (Å²) < 4.78 is 0. The summed E-state index contributed by atoms with van der Waals surface area (Å²) in [6, 6.07) is 6.70. The van der Waals surface area contributed by atoms with Crippen LogP contribution in [0.2, 0.25) is 0 Å². The maximum absolute atomic E-state index is 11.3. The first kappa shape index (κ1) is 15.3. The van der Waals surface area contributed by atoms with Crippen molar-refractivity contribution in [3.8, 4) is 11.8 Å². The molecule has 2 amide bonds. The third-order valence-electron chi connectivity index (χ3n) is 2.31. The number of carbonyl (C=O) groups excluding carboxylic acids is 2. The Labute approximate surface area is 120 Å². The van der Waals surface area contributed by atoms with Crippen molar-refractivity contribution in [1.82, 2.24) is 5.32 Å². The van der Waals surface area contributed by atoms with Gasteiger partial charge in [-0.25, -0.2) is 0 Å². The number of hydrogen-bond donors (Lipinski definition) is 2. The van der Waals surface area contributed by atoms with Crippen LogP contribution in [0.15, 0.2) is 24.3 Å². The molecule has 4 nitrogen and oxygen atoms in total. The largest absolute Gasteiger partial charge is 0.366 e. The second-order valence-corrected chi connectivity index (χ2v) is 4.61. The molecule has 0 bridgehead atoms. The highest BCUT2D eigenvalue weighted by molar-refractivity contribution is 9.09. The second-order valence-electron chi connectivity index (χ2n) is 3.81. The molecule has 0 spiro atoms. The molecule has 0 radical (unpaired) electrons. The molecule has 19 heavy (non-hydrogen) atoms. The predicted octanol–water partition coefficient (Wildman–Crippen LogP) is 1.43. The third-order valence-corrected chi connectivity index (χ3v) is 2.87. The van der Waals surface area contributed by atoms with Gasteiger partial charge in [0.15, 0.2) is 0 Å². The van der Waals surface area contributed by atoms with Gasteiger partial charge in [0.1, 0.15) is 0 Å². The molecular formula is C14H15BrN2O2. The van der Waals surface area contributed by atoms with Crippen LogP contribution < -0.4 is 11.1 Å². The Balaban J connectivity index is 2.41. The van der Waals surface area contributed by atoms with Gasteiger partial charge in [0, 0.05) is 22.9 Å². The molecule has 100 valence electrons. The number of rotatable bonds is 5. The predicted molar refractivity (Wildman–Crippen MR) is 77.9 cm³/mol.